The van der Waals surface area contributed by atoms with Gasteiger partial charge in [-0.1, -0.05) is 0 Å². The molecule has 0 radical (unpaired) electrons. The topological polar surface area (TPSA) is 58.5 Å². The molecule has 0 saturated carbocycles. The molecule has 0 aliphatic carbocycles. The zero-order valence-corrected chi connectivity index (χ0v) is 9.06. The number of H-pyrrole nitrogens is 1. The third kappa shape index (κ3) is 1.74. The van der Waals surface area contributed by atoms with Gasteiger partial charge in [0.25, 0.3) is 0 Å². The predicted molar refractivity (Wildman–Crippen MR) is 60.1 cm³/mol. The van der Waals surface area contributed by atoms with Gasteiger partial charge in [0, 0.05) is 56.3 Å². The Bertz CT molecular complexity index is 441. The SMILES string of the molecule is c1c[nH]c(CCn2cncc2C2CNC2)n1. The Morgan fingerprint density at radius 1 is 1.44 bits per heavy atom. The maximum atomic E-state index is 4.23. The molecule has 5 nitrogen and oxygen atoms in total. The molecule has 1 fully saturated rings. The van der Waals surface area contributed by atoms with Crippen LogP contribution in [-0.4, -0.2) is 32.6 Å². The molecule has 2 N–H and O–H groups in total. The molecule has 3 rings (SSSR count). The van der Waals surface area contributed by atoms with E-state index in [9.17, 15) is 0 Å². The Balaban J connectivity index is 1.67. The van der Waals surface area contributed by atoms with Crippen LogP contribution in [0, 0.1) is 0 Å². The van der Waals surface area contributed by atoms with Gasteiger partial charge in [0.2, 0.25) is 0 Å². The number of imidazole rings is 2. The van der Waals surface area contributed by atoms with Crippen LogP contribution in [0.15, 0.2) is 24.9 Å². The highest BCUT2D eigenvalue weighted by Crippen LogP contribution is 2.19. The number of aromatic amines is 1. The van der Waals surface area contributed by atoms with Gasteiger partial charge in [-0.3, -0.25) is 0 Å². The van der Waals surface area contributed by atoms with E-state index in [2.05, 4.69) is 24.8 Å². The molecule has 0 unspecified atom stereocenters. The van der Waals surface area contributed by atoms with E-state index in [4.69, 9.17) is 0 Å². The Morgan fingerprint density at radius 2 is 2.38 bits per heavy atom. The molecular formula is C11H15N5. The van der Waals surface area contributed by atoms with Gasteiger partial charge in [0.05, 0.1) is 6.33 Å². The molecule has 84 valence electrons. The van der Waals surface area contributed by atoms with Crippen molar-refractivity contribution in [2.75, 3.05) is 13.1 Å². The third-order valence-corrected chi connectivity index (χ3v) is 3.09. The molecule has 1 aliphatic heterocycles. The highest BCUT2D eigenvalue weighted by molar-refractivity contribution is 5.11. The van der Waals surface area contributed by atoms with Crippen molar-refractivity contribution >= 4 is 0 Å². The van der Waals surface area contributed by atoms with Crippen molar-refractivity contribution in [3.63, 3.8) is 0 Å². The van der Waals surface area contributed by atoms with E-state index in [1.165, 1.54) is 5.69 Å². The normalized spacial score (nSPS) is 16.2. The Kier molecular flexibility index (Phi) is 2.46. The average molecular weight is 217 g/mol. The van der Waals surface area contributed by atoms with Crippen molar-refractivity contribution in [1.82, 2.24) is 24.8 Å². The van der Waals surface area contributed by atoms with Crippen molar-refractivity contribution in [2.45, 2.75) is 18.9 Å². The number of aryl methyl sites for hydroxylation is 2. The summed E-state index contributed by atoms with van der Waals surface area (Å²) in [5.41, 5.74) is 1.34. The molecule has 1 saturated heterocycles. The van der Waals surface area contributed by atoms with Crippen molar-refractivity contribution < 1.29 is 0 Å². The molecule has 2 aromatic heterocycles. The lowest BCUT2D eigenvalue weighted by Crippen LogP contribution is -2.40. The van der Waals surface area contributed by atoms with E-state index in [0.29, 0.717) is 5.92 Å². The lowest BCUT2D eigenvalue weighted by atomic mass is 10.00. The van der Waals surface area contributed by atoms with E-state index in [0.717, 1.165) is 31.9 Å². The largest absolute Gasteiger partial charge is 0.349 e. The maximum Gasteiger partial charge on any atom is 0.107 e. The summed E-state index contributed by atoms with van der Waals surface area (Å²) in [7, 11) is 0. The van der Waals surface area contributed by atoms with Crippen molar-refractivity contribution in [1.29, 1.82) is 0 Å². The summed E-state index contributed by atoms with van der Waals surface area (Å²) in [6.07, 6.45) is 8.47. The predicted octanol–water partition coefficient (Wildman–Crippen LogP) is 0.536. The van der Waals surface area contributed by atoms with Crippen molar-refractivity contribution in [2.24, 2.45) is 0 Å². The Hall–Kier alpha value is -1.62. The van der Waals surface area contributed by atoms with Gasteiger partial charge in [-0.15, -0.1) is 0 Å². The van der Waals surface area contributed by atoms with Gasteiger partial charge in [0.15, 0.2) is 0 Å². The van der Waals surface area contributed by atoms with E-state index in [1.54, 1.807) is 6.20 Å². The first-order valence-electron chi connectivity index (χ1n) is 5.62. The van der Waals surface area contributed by atoms with Crippen LogP contribution in [0.2, 0.25) is 0 Å². The lowest BCUT2D eigenvalue weighted by molar-refractivity contribution is 0.423. The quantitative estimate of drug-likeness (QED) is 0.785. The van der Waals surface area contributed by atoms with Gasteiger partial charge < -0.3 is 14.9 Å². The molecule has 3 heterocycles. The van der Waals surface area contributed by atoms with Crippen molar-refractivity contribution in [3.8, 4) is 0 Å². The second kappa shape index (κ2) is 4.09. The minimum atomic E-state index is 0.638. The fraction of sp³-hybridized carbons (Fsp3) is 0.455. The Morgan fingerprint density at radius 3 is 3.06 bits per heavy atom. The minimum absolute atomic E-state index is 0.638. The van der Waals surface area contributed by atoms with E-state index < -0.39 is 0 Å². The summed E-state index contributed by atoms with van der Waals surface area (Å²) < 4.78 is 2.23. The van der Waals surface area contributed by atoms with Gasteiger partial charge in [-0.25, -0.2) is 9.97 Å². The van der Waals surface area contributed by atoms with Crippen LogP contribution >= 0.6 is 0 Å². The second-order valence-electron chi connectivity index (χ2n) is 4.15. The smallest absolute Gasteiger partial charge is 0.107 e. The van der Waals surface area contributed by atoms with Gasteiger partial charge in [-0.05, 0) is 0 Å². The standard InChI is InChI=1S/C11H15N5/c1(11-14-2-3-15-11)4-16-8-13-7-10(16)9-5-12-6-9/h2-3,7-9,12H,1,4-6H2,(H,14,15). The molecule has 0 bridgehead atoms. The minimum Gasteiger partial charge on any atom is -0.349 e. The first kappa shape index (κ1) is 9.59. The molecular weight excluding hydrogens is 202 g/mol. The number of nitrogens with one attached hydrogen (secondary N) is 2. The summed E-state index contributed by atoms with van der Waals surface area (Å²) >= 11 is 0. The Labute approximate surface area is 93.9 Å². The van der Waals surface area contributed by atoms with Gasteiger partial charge in [0.1, 0.15) is 5.82 Å². The van der Waals surface area contributed by atoms with Crippen LogP contribution in [0.5, 0.6) is 0 Å². The van der Waals surface area contributed by atoms with Crippen LogP contribution < -0.4 is 5.32 Å². The van der Waals surface area contributed by atoms with E-state index >= 15 is 0 Å². The second-order valence-corrected chi connectivity index (χ2v) is 4.15. The number of aromatic nitrogens is 4. The van der Waals surface area contributed by atoms with Crippen LogP contribution in [-0.2, 0) is 13.0 Å². The van der Waals surface area contributed by atoms with Crippen LogP contribution in [0.25, 0.3) is 0 Å². The van der Waals surface area contributed by atoms with Crippen molar-refractivity contribution in [3.05, 3.63) is 36.4 Å². The number of hydrogen-bond acceptors (Lipinski definition) is 3. The summed E-state index contributed by atoms with van der Waals surface area (Å²) in [5.74, 6) is 1.67. The van der Waals surface area contributed by atoms with Crippen LogP contribution in [0.4, 0.5) is 0 Å². The zero-order chi connectivity index (χ0) is 10.8. The highest BCUT2D eigenvalue weighted by atomic mass is 15.1. The van der Waals surface area contributed by atoms with Gasteiger partial charge in [-0.2, -0.15) is 0 Å². The number of rotatable bonds is 4. The van der Waals surface area contributed by atoms with Crippen LogP contribution in [0.3, 0.4) is 0 Å². The van der Waals surface area contributed by atoms with E-state index in [1.807, 2.05) is 18.7 Å². The summed E-state index contributed by atoms with van der Waals surface area (Å²) in [6.45, 7) is 3.10. The van der Waals surface area contributed by atoms with Crippen LogP contribution in [0.1, 0.15) is 17.4 Å². The molecule has 1 aliphatic rings. The summed E-state index contributed by atoms with van der Waals surface area (Å²) in [4.78, 5) is 11.6. The first-order chi connectivity index (χ1) is 7.93. The summed E-state index contributed by atoms with van der Waals surface area (Å²) in [6, 6.07) is 0. The monoisotopic (exact) mass is 217 g/mol. The highest BCUT2D eigenvalue weighted by Gasteiger charge is 2.22. The maximum absolute atomic E-state index is 4.23. The van der Waals surface area contributed by atoms with Gasteiger partial charge >= 0.3 is 0 Å². The lowest BCUT2D eigenvalue weighted by Gasteiger charge is -2.27. The molecule has 0 atom stereocenters. The molecule has 0 amide bonds. The molecule has 2 aromatic rings. The number of nitrogens with zero attached hydrogens (tertiary/aromatic N) is 3. The fourth-order valence-electron chi connectivity index (χ4n) is 2.02. The first-order valence-corrected chi connectivity index (χ1v) is 5.62. The number of hydrogen-bond donors (Lipinski definition) is 2. The molecule has 16 heavy (non-hydrogen) atoms. The third-order valence-electron chi connectivity index (χ3n) is 3.09. The average Bonchev–Trinajstić information content (AvgIpc) is 2.82. The molecule has 0 aromatic carbocycles. The molecule has 0 spiro atoms. The fourth-order valence-corrected chi connectivity index (χ4v) is 2.02. The zero-order valence-electron chi connectivity index (χ0n) is 9.06. The summed E-state index contributed by atoms with van der Waals surface area (Å²) in [5, 5.41) is 3.29. The van der Waals surface area contributed by atoms with E-state index in [-0.39, 0.29) is 0 Å². The molecule has 5 heteroatoms.